The van der Waals surface area contributed by atoms with Crippen LogP contribution in [0.2, 0.25) is 0 Å². The van der Waals surface area contributed by atoms with E-state index in [9.17, 15) is 0 Å². The van der Waals surface area contributed by atoms with E-state index in [1.54, 1.807) is 6.21 Å². The molecule has 0 bridgehead atoms. The first kappa shape index (κ1) is 10.6. The van der Waals surface area contributed by atoms with E-state index in [0.29, 0.717) is 6.61 Å². The van der Waals surface area contributed by atoms with Gasteiger partial charge in [0.05, 0.1) is 12.8 Å². The summed E-state index contributed by atoms with van der Waals surface area (Å²) >= 11 is 0. The highest BCUT2D eigenvalue weighted by Crippen LogP contribution is 2.18. The van der Waals surface area contributed by atoms with Crippen molar-refractivity contribution in [2.24, 2.45) is 10.9 Å². The Balaban J connectivity index is 2.90. The van der Waals surface area contributed by atoms with Gasteiger partial charge in [-0.25, -0.2) is 0 Å². The second kappa shape index (κ2) is 5.27. The van der Waals surface area contributed by atoms with E-state index in [-0.39, 0.29) is 0 Å². The molecule has 0 unspecified atom stereocenters. The van der Waals surface area contributed by atoms with Crippen LogP contribution in [0.1, 0.15) is 24.5 Å². The van der Waals surface area contributed by atoms with Crippen molar-refractivity contribution < 1.29 is 4.74 Å². The highest BCUT2D eigenvalue weighted by Gasteiger charge is 2.00. The molecule has 76 valence electrons. The van der Waals surface area contributed by atoms with Crippen LogP contribution in [0.15, 0.2) is 23.3 Å². The molecule has 0 saturated carbocycles. The summed E-state index contributed by atoms with van der Waals surface area (Å²) in [4.78, 5) is 0. The average molecular weight is 192 g/mol. The van der Waals surface area contributed by atoms with Crippen LogP contribution < -0.4 is 10.6 Å². The van der Waals surface area contributed by atoms with Gasteiger partial charge in [-0.1, -0.05) is 18.6 Å². The molecule has 0 atom stereocenters. The zero-order valence-corrected chi connectivity index (χ0v) is 8.66. The summed E-state index contributed by atoms with van der Waals surface area (Å²) in [7, 11) is 0. The first-order valence-electron chi connectivity index (χ1n) is 4.74. The smallest absolute Gasteiger partial charge is 0.128 e. The Morgan fingerprint density at radius 3 is 2.93 bits per heavy atom. The molecular formula is C11H16N2O. The molecule has 3 nitrogen and oxygen atoms in total. The van der Waals surface area contributed by atoms with Gasteiger partial charge < -0.3 is 10.6 Å². The zero-order valence-electron chi connectivity index (χ0n) is 8.66. The van der Waals surface area contributed by atoms with Gasteiger partial charge in [0, 0.05) is 5.56 Å². The molecule has 0 aliphatic heterocycles. The molecule has 0 saturated heterocycles. The van der Waals surface area contributed by atoms with E-state index in [4.69, 9.17) is 10.6 Å². The van der Waals surface area contributed by atoms with Crippen LogP contribution in [0.25, 0.3) is 0 Å². The third-order valence-electron chi connectivity index (χ3n) is 1.84. The summed E-state index contributed by atoms with van der Waals surface area (Å²) in [6, 6.07) is 5.96. The van der Waals surface area contributed by atoms with Crippen molar-refractivity contribution in [3.63, 3.8) is 0 Å². The van der Waals surface area contributed by atoms with E-state index in [1.807, 2.05) is 25.1 Å². The molecule has 1 aromatic rings. The maximum absolute atomic E-state index is 5.55. The van der Waals surface area contributed by atoms with E-state index in [1.165, 1.54) is 5.56 Å². The van der Waals surface area contributed by atoms with Gasteiger partial charge in [0.15, 0.2) is 0 Å². The van der Waals surface area contributed by atoms with Gasteiger partial charge in [-0.2, -0.15) is 5.10 Å². The zero-order chi connectivity index (χ0) is 10.4. The molecule has 2 N–H and O–H groups in total. The van der Waals surface area contributed by atoms with Gasteiger partial charge in [-0.05, 0) is 25.5 Å². The first-order valence-corrected chi connectivity index (χ1v) is 4.74. The predicted octanol–water partition coefficient (Wildman–Crippen LogP) is 2.08. The molecule has 0 aliphatic carbocycles. The van der Waals surface area contributed by atoms with E-state index in [2.05, 4.69) is 12.0 Å². The lowest BCUT2D eigenvalue weighted by Gasteiger charge is -2.08. The van der Waals surface area contributed by atoms with E-state index in [0.717, 1.165) is 17.7 Å². The molecule has 0 spiro atoms. The van der Waals surface area contributed by atoms with Crippen molar-refractivity contribution in [3.05, 3.63) is 29.3 Å². The van der Waals surface area contributed by atoms with Gasteiger partial charge in [-0.3, -0.25) is 0 Å². The van der Waals surface area contributed by atoms with Crippen LogP contribution in [0, 0.1) is 6.92 Å². The lowest BCUT2D eigenvalue weighted by molar-refractivity contribution is 0.317. The van der Waals surface area contributed by atoms with Crippen LogP contribution in [0.5, 0.6) is 5.75 Å². The van der Waals surface area contributed by atoms with Crippen molar-refractivity contribution in [1.29, 1.82) is 0 Å². The number of ether oxygens (including phenoxy) is 1. The number of hydrogen-bond acceptors (Lipinski definition) is 3. The van der Waals surface area contributed by atoms with Crippen molar-refractivity contribution in [2.75, 3.05) is 6.61 Å². The summed E-state index contributed by atoms with van der Waals surface area (Å²) in [5, 5.41) is 3.51. The number of rotatable bonds is 4. The Bertz CT molecular complexity index is 321. The molecular weight excluding hydrogens is 176 g/mol. The topological polar surface area (TPSA) is 47.6 Å². The van der Waals surface area contributed by atoms with Crippen LogP contribution in [-0.2, 0) is 0 Å². The second-order valence-electron chi connectivity index (χ2n) is 3.17. The Morgan fingerprint density at radius 2 is 2.29 bits per heavy atom. The van der Waals surface area contributed by atoms with Crippen molar-refractivity contribution >= 4 is 6.21 Å². The standard InChI is InChI=1S/C11H16N2O/c1-3-6-14-11-5-4-9(2)7-10(11)8-13-12/h4-5,7-8H,3,6,12H2,1-2H3. The molecule has 0 fully saturated rings. The Hall–Kier alpha value is -1.51. The van der Waals surface area contributed by atoms with Gasteiger partial charge in [0.25, 0.3) is 0 Å². The number of benzene rings is 1. The van der Waals surface area contributed by atoms with Crippen LogP contribution in [0.3, 0.4) is 0 Å². The van der Waals surface area contributed by atoms with Crippen molar-refractivity contribution in [2.45, 2.75) is 20.3 Å². The second-order valence-corrected chi connectivity index (χ2v) is 3.17. The highest BCUT2D eigenvalue weighted by molar-refractivity contribution is 5.83. The minimum atomic E-state index is 0.717. The monoisotopic (exact) mass is 192 g/mol. The number of nitrogens with zero attached hydrogens (tertiary/aromatic N) is 1. The van der Waals surface area contributed by atoms with Gasteiger partial charge in [-0.15, -0.1) is 0 Å². The Labute approximate surface area is 84.6 Å². The van der Waals surface area contributed by atoms with Crippen LogP contribution in [-0.4, -0.2) is 12.8 Å². The molecule has 1 aromatic carbocycles. The molecule has 14 heavy (non-hydrogen) atoms. The molecule has 0 aromatic heterocycles. The first-order chi connectivity index (χ1) is 6.77. The van der Waals surface area contributed by atoms with Crippen molar-refractivity contribution in [1.82, 2.24) is 0 Å². The lowest BCUT2D eigenvalue weighted by atomic mass is 10.1. The fraction of sp³-hybridized carbons (Fsp3) is 0.364. The minimum absolute atomic E-state index is 0.717. The number of hydrazone groups is 1. The van der Waals surface area contributed by atoms with E-state index < -0.39 is 0 Å². The quantitative estimate of drug-likeness (QED) is 0.451. The number of hydrogen-bond donors (Lipinski definition) is 1. The highest BCUT2D eigenvalue weighted by atomic mass is 16.5. The summed E-state index contributed by atoms with van der Waals surface area (Å²) in [5.41, 5.74) is 2.10. The number of aryl methyl sites for hydroxylation is 1. The summed E-state index contributed by atoms with van der Waals surface area (Å²) < 4.78 is 5.55. The third-order valence-corrected chi connectivity index (χ3v) is 1.84. The normalized spacial score (nSPS) is 10.7. The SMILES string of the molecule is CCCOc1ccc(C)cc1C=NN. The molecule has 0 heterocycles. The van der Waals surface area contributed by atoms with Crippen LogP contribution >= 0.6 is 0 Å². The summed E-state index contributed by atoms with van der Waals surface area (Å²) in [6.45, 7) is 4.82. The molecule has 3 heteroatoms. The third kappa shape index (κ3) is 2.76. The molecule has 0 aliphatic rings. The average Bonchev–Trinajstić information content (AvgIpc) is 2.17. The van der Waals surface area contributed by atoms with Gasteiger partial charge >= 0.3 is 0 Å². The van der Waals surface area contributed by atoms with Crippen LogP contribution in [0.4, 0.5) is 0 Å². The van der Waals surface area contributed by atoms with Crippen molar-refractivity contribution in [3.8, 4) is 5.75 Å². The fourth-order valence-electron chi connectivity index (χ4n) is 1.19. The van der Waals surface area contributed by atoms with E-state index >= 15 is 0 Å². The maximum Gasteiger partial charge on any atom is 0.128 e. The number of nitrogens with two attached hydrogens (primary N) is 1. The molecule has 0 radical (unpaired) electrons. The largest absolute Gasteiger partial charge is 0.493 e. The lowest BCUT2D eigenvalue weighted by Crippen LogP contribution is -1.99. The van der Waals surface area contributed by atoms with Gasteiger partial charge in [0.2, 0.25) is 0 Å². The maximum atomic E-state index is 5.55. The Morgan fingerprint density at radius 1 is 1.50 bits per heavy atom. The molecule has 0 amide bonds. The minimum Gasteiger partial charge on any atom is -0.493 e. The Kier molecular flexibility index (Phi) is 3.98. The summed E-state index contributed by atoms with van der Waals surface area (Å²) in [5.74, 6) is 5.96. The van der Waals surface area contributed by atoms with Gasteiger partial charge in [0.1, 0.15) is 5.75 Å². The molecule has 1 rings (SSSR count). The fourth-order valence-corrected chi connectivity index (χ4v) is 1.19. The summed E-state index contributed by atoms with van der Waals surface area (Å²) in [6.07, 6.45) is 2.60. The predicted molar refractivity (Wildman–Crippen MR) is 58.7 cm³/mol.